The van der Waals surface area contributed by atoms with E-state index in [4.69, 9.17) is 16.3 Å². The van der Waals surface area contributed by atoms with Crippen molar-refractivity contribution in [3.05, 3.63) is 58.6 Å². The first-order valence-corrected chi connectivity index (χ1v) is 7.89. The van der Waals surface area contributed by atoms with E-state index in [1.54, 1.807) is 0 Å². The summed E-state index contributed by atoms with van der Waals surface area (Å²) < 4.78 is 57.7. The molecule has 0 aliphatic carbocycles. The van der Waals surface area contributed by atoms with Gasteiger partial charge in [-0.25, -0.2) is 17.6 Å². The summed E-state index contributed by atoms with van der Waals surface area (Å²) >= 11 is 5.78. The number of amides is 2. The van der Waals surface area contributed by atoms with Crippen LogP contribution in [0.4, 0.5) is 23.2 Å². The lowest BCUT2D eigenvalue weighted by atomic mass is 10.2. The molecule has 0 aliphatic heterocycles. The molecule has 1 unspecified atom stereocenters. The van der Waals surface area contributed by atoms with Crippen molar-refractivity contribution in [1.29, 1.82) is 0 Å². The number of carbonyl (C=O) groups is 2. The van der Waals surface area contributed by atoms with Gasteiger partial charge in [-0.15, -0.1) is 0 Å². The van der Waals surface area contributed by atoms with Gasteiger partial charge >= 0.3 is 0 Å². The molecule has 0 aliphatic rings. The Bertz CT molecular complexity index is 879. The molecule has 2 N–H and O–H groups in total. The first kappa shape index (κ1) is 20.5. The van der Waals surface area contributed by atoms with Crippen molar-refractivity contribution in [2.45, 2.75) is 13.0 Å². The number of anilines is 1. The summed E-state index contributed by atoms with van der Waals surface area (Å²) in [4.78, 5) is 23.7. The van der Waals surface area contributed by atoms with E-state index in [2.05, 4.69) is 5.32 Å². The van der Waals surface area contributed by atoms with Crippen molar-refractivity contribution in [1.82, 2.24) is 5.32 Å². The van der Waals surface area contributed by atoms with Crippen molar-refractivity contribution in [2.24, 2.45) is 0 Å². The lowest BCUT2D eigenvalue weighted by molar-refractivity contribution is -0.129. The Balaban J connectivity index is 1.89. The lowest BCUT2D eigenvalue weighted by Gasteiger charge is -2.15. The maximum Gasteiger partial charge on any atom is 0.261 e. The number of carbonyl (C=O) groups excluding carboxylic acids is 2. The molecule has 144 valence electrons. The highest BCUT2D eigenvalue weighted by molar-refractivity contribution is 6.32. The molecule has 27 heavy (non-hydrogen) atoms. The zero-order chi connectivity index (χ0) is 20.1. The van der Waals surface area contributed by atoms with E-state index in [-0.39, 0.29) is 10.8 Å². The molecular weight excluding hydrogens is 392 g/mol. The van der Waals surface area contributed by atoms with Gasteiger partial charge in [-0.2, -0.15) is 0 Å². The normalized spacial score (nSPS) is 11.6. The van der Waals surface area contributed by atoms with Gasteiger partial charge in [-0.3, -0.25) is 9.59 Å². The third-order valence-electron chi connectivity index (χ3n) is 3.30. The van der Waals surface area contributed by atoms with Crippen molar-refractivity contribution < 1.29 is 31.9 Å². The van der Waals surface area contributed by atoms with Gasteiger partial charge in [0, 0.05) is 0 Å². The van der Waals surface area contributed by atoms with Crippen LogP contribution in [-0.2, 0) is 9.59 Å². The molecule has 0 heterocycles. The summed E-state index contributed by atoms with van der Waals surface area (Å²) in [6.45, 7) is 0.782. The molecule has 0 radical (unpaired) electrons. The molecule has 10 heteroatoms. The van der Waals surface area contributed by atoms with Crippen LogP contribution in [0.15, 0.2) is 30.3 Å². The number of hydrogen-bond donors (Lipinski definition) is 2. The maximum absolute atomic E-state index is 13.5. The van der Waals surface area contributed by atoms with Gasteiger partial charge in [0.25, 0.3) is 5.91 Å². The van der Waals surface area contributed by atoms with E-state index in [0.29, 0.717) is 6.07 Å². The van der Waals surface area contributed by atoms with Crippen LogP contribution in [0, 0.1) is 23.3 Å². The number of rotatable bonds is 6. The number of hydrogen-bond acceptors (Lipinski definition) is 3. The van der Waals surface area contributed by atoms with Gasteiger partial charge < -0.3 is 15.4 Å². The highest BCUT2D eigenvalue weighted by Crippen LogP contribution is 2.25. The highest BCUT2D eigenvalue weighted by atomic mass is 35.5. The van der Waals surface area contributed by atoms with Crippen LogP contribution in [0.5, 0.6) is 5.75 Å². The Kier molecular flexibility index (Phi) is 6.62. The van der Waals surface area contributed by atoms with E-state index in [9.17, 15) is 27.2 Å². The Morgan fingerprint density at radius 2 is 1.81 bits per heavy atom. The molecule has 2 amide bonds. The zero-order valence-electron chi connectivity index (χ0n) is 13.8. The van der Waals surface area contributed by atoms with Crippen LogP contribution in [-0.4, -0.2) is 24.5 Å². The molecule has 2 rings (SSSR count). The summed E-state index contributed by atoms with van der Waals surface area (Å²) in [6.07, 6.45) is -1.08. The number of benzene rings is 2. The SMILES string of the molecule is CC(Oc1ccc(F)cc1Cl)C(=O)NCC(=O)Nc1ccc(F)c(F)c1F. The van der Waals surface area contributed by atoms with Crippen molar-refractivity contribution >= 4 is 29.1 Å². The van der Waals surface area contributed by atoms with Crippen molar-refractivity contribution in [3.63, 3.8) is 0 Å². The topological polar surface area (TPSA) is 67.4 Å². The molecule has 2 aromatic rings. The number of nitrogens with one attached hydrogen (secondary N) is 2. The first-order valence-electron chi connectivity index (χ1n) is 7.51. The Morgan fingerprint density at radius 3 is 2.48 bits per heavy atom. The molecular formula is C17H13ClF4N2O3. The van der Waals surface area contributed by atoms with Crippen LogP contribution in [0.1, 0.15) is 6.92 Å². The monoisotopic (exact) mass is 404 g/mol. The summed E-state index contributed by atoms with van der Waals surface area (Å²) in [7, 11) is 0. The molecule has 0 saturated carbocycles. The summed E-state index contributed by atoms with van der Waals surface area (Å²) in [6, 6.07) is 4.83. The molecule has 0 bridgehead atoms. The third-order valence-corrected chi connectivity index (χ3v) is 3.59. The van der Waals surface area contributed by atoms with Gasteiger partial charge in [-0.05, 0) is 37.3 Å². The van der Waals surface area contributed by atoms with Crippen LogP contribution in [0.2, 0.25) is 5.02 Å². The fourth-order valence-electron chi connectivity index (χ4n) is 1.94. The predicted molar refractivity (Wildman–Crippen MR) is 89.5 cm³/mol. The quantitative estimate of drug-likeness (QED) is 0.572. The van der Waals surface area contributed by atoms with Gasteiger partial charge in [0.15, 0.2) is 23.6 Å². The minimum atomic E-state index is -1.73. The average Bonchev–Trinajstić information content (AvgIpc) is 2.62. The van der Waals surface area contributed by atoms with Crippen LogP contribution in [0.3, 0.4) is 0 Å². The second kappa shape index (κ2) is 8.72. The smallest absolute Gasteiger partial charge is 0.261 e. The number of ether oxygens (including phenoxy) is 1. The second-order valence-corrected chi connectivity index (χ2v) is 5.73. The van der Waals surface area contributed by atoms with Crippen LogP contribution >= 0.6 is 11.6 Å². The molecule has 2 aromatic carbocycles. The minimum Gasteiger partial charge on any atom is -0.479 e. The third kappa shape index (κ3) is 5.33. The van der Waals surface area contributed by atoms with Gasteiger partial charge in [-0.1, -0.05) is 11.6 Å². The van der Waals surface area contributed by atoms with E-state index in [1.807, 2.05) is 5.32 Å². The molecule has 5 nitrogen and oxygen atoms in total. The molecule has 0 saturated heterocycles. The fourth-order valence-corrected chi connectivity index (χ4v) is 2.15. The largest absolute Gasteiger partial charge is 0.479 e. The Labute approximate surface area is 156 Å². The van der Waals surface area contributed by atoms with Crippen LogP contribution < -0.4 is 15.4 Å². The predicted octanol–water partition coefficient (Wildman–Crippen LogP) is 3.42. The van der Waals surface area contributed by atoms with Crippen LogP contribution in [0.25, 0.3) is 0 Å². The summed E-state index contributed by atoms with van der Waals surface area (Å²) in [5.41, 5.74) is -0.574. The van der Waals surface area contributed by atoms with E-state index in [0.717, 1.165) is 18.2 Å². The van der Waals surface area contributed by atoms with Crippen molar-refractivity contribution in [3.8, 4) is 5.75 Å². The van der Waals surface area contributed by atoms with Crippen molar-refractivity contribution in [2.75, 3.05) is 11.9 Å². The standard InChI is InChI=1S/C17H13ClF4N2O3/c1-8(27-13-5-2-9(19)6-10(13)18)17(26)23-7-14(25)24-12-4-3-11(20)15(21)16(12)22/h2-6,8H,7H2,1H3,(H,23,26)(H,24,25). The van der Waals surface area contributed by atoms with Gasteiger partial charge in [0.2, 0.25) is 5.91 Å². The second-order valence-electron chi connectivity index (χ2n) is 5.32. The molecule has 0 aromatic heterocycles. The average molecular weight is 405 g/mol. The zero-order valence-corrected chi connectivity index (χ0v) is 14.5. The molecule has 1 atom stereocenters. The first-order chi connectivity index (χ1) is 12.7. The minimum absolute atomic E-state index is 0.0406. The van der Waals surface area contributed by atoms with Gasteiger partial charge in [0.05, 0.1) is 17.3 Å². The van der Waals surface area contributed by atoms with E-state index < -0.39 is 53.4 Å². The summed E-state index contributed by atoms with van der Waals surface area (Å²) in [5, 5.41) is 4.17. The molecule has 0 fully saturated rings. The lowest BCUT2D eigenvalue weighted by Crippen LogP contribution is -2.40. The van der Waals surface area contributed by atoms with E-state index >= 15 is 0 Å². The Hall–Kier alpha value is -2.81. The highest BCUT2D eigenvalue weighted by Gasteiger charge is 2.19. The number of halogens is 5. The molecule has 0 spiro atoms. The van der Waals surface area contributed by atoms with Gasteiger partial charge in [0.1, 0.15) is 11.6 Å². The fraction of sp³-hybridized carbons (Fsp3) is 0.176. The van der Waals surface area contributed by atoms with E-state index in [1.165, 1.54) is 13.0 Å². The Morgan fingerprint density at radius 1 is 1.11 bits per heavy atom. The summed E-state index contributed by atoms with van der Waals surface area (Å²) in [5.74, 6) is -6.78. The maximum atomic E-state index is 13.5.